The molecule has 0 aromatic heterocycles. The Balaban J connectivity index is 1.96. The van der Waals surface area contributed by atoms with Gasteiger partial charge in [-0.25, -0.2) is 0 Å². The van der Waals surface area contributed by atoms with Crippen LogP contribution in [0.4, 0.5) is 11.4 Å². The zero-order valence-electron chi connectivity index (χ0n) is 10.1. The molecule has 0 radical (unpaired) electrons. The monoisotopic (exact) mass is 240 g/mol. The van der Waals surface area contributed by atoms with Crippen molar-refractivity contribution in [2.75, 3.05) is 11.5 Å². The highest BCUT2D eigenvalue weighted by Gasteiger charge is 2.05. The van der Waals surface area contributed by atoms with Crippen LogP contribution in [0.3, 0.4) is 0 Å². The van der Waals surface area contributed by atoms with Gasteiger partial charge >= 0.3 is 0 Å². The molecule has 0 unspecified atom stereocenters. The summed E-state index contributed by atoms with van der Waals surface area (Å²) in [7, 11) is 0. The Morgan fingerprint density at radius 1 is 0.722 bits per heavy atom. The third-order valence-corrected chi connectivity index (χ3v) is 2.76. The van der Waals surface area contributed by atoms with Gasteiger partial charge in [0.25, 0.3) is 0 Å². The van der Waals surface area contributed by atoms with Gasteiger partial charge in [-0.2, -0.15) is 0 Å². The molecule has 0 aliphatic carbocycles. The molecular weight excluding hydrogens is 224 g/mol. The number of Topliss-reactive ketones (excluding diaryl/α,β-unsaturated/α-hetero) is 1. The molecule has 0 amide bonds. The molecule has 0 aliphatic heterocycles. The SMILES string of the molecule is Nc1ccc(CC(=O)Cc2ccc(N)cc2)cc1. The van der Waals surface area contributed by atoms with Crippen LogP contribution in [0.15, 0.2) is 48.5 Å². The van der Waals surface area contributed by atoms with E-state index in [4.69, 9.17) is 11.5 Å². The van der Waals surface area contributed by atoms with Crippen molar-refractivity contribution in [3.05, 3.63) is 59.7 Å². The lowest BCUT2D eigenvalue weighted by molar-refractivity contribution is -0.117. The molecule has 2 aromatic carbocycles. The Morgan fingerprint density at radius 2 is 1.06 bits per heavy atom. The van der Waals surface area contributed by atoms with E-state index in [1.807, 2.05) is 48.5 Å². The lowest BCUT2D eigenvalue weighted by atomic mass is 10.0. The number of benzene rings is 2. The van der Waals surface area contributed by atoms with E-state index in [1.54, 1.807) is 0 Å². The van der Waals surface area contributed by atoms with Gasteiger partial charge in [0.15, 0.2) is 0 Å². The first kappa shape index (κ1) is 12.2. The third-order valence-electron chi connectivity index (χ3n) is 2.76. The van der Waals surface area contributed by atoms with Crippen molar-refractivity contribution in [2.24, 2.45) is 0 Å². The van der Waals surface area contributed by atoms with Gasteiger partial charge in [-0.05, 0) is 35.4 Å². The van der Waals surface area contributed by atoms with E-state index < -0.39 is 0 Å². The van der Waals surface area contributed by atoms with E-state index in [0.717, 1.165) is 11.1 Å². The van der Waals surface area contributed by atoms with Gasteiger partial charge in [-0.3, -0.25) is 4.79 Å². The van der Waals surface area contributed by atoms with Gasteiger partial charge in [-0.15, -0.1) is 0 Å². The summed E-state index contributed by atoms with van der Waals surface area (Å²) < 4.78 is 0. The molecule has 3 heteroatoms. The van der Waals surface area contributed by atoms with Gasteiger partial charge in [0.1, 0.15) is 5.78 Å². The van der Waals surface area contributed by atoms with Crippen molar-refractivity contribution >= 4 is 17.2 Å². The highest BCUT2D eigenvalue weighted by atomic mass is 16.1. The maximum absolute atomic E-state index is 11.9. The summed E-state index contributed by atoms with van der Waals surface area (Å²) >= 11 is 0. The zero-order valence-corrected chi connectivity index (χ0v) is 10.1. The smallest absolute Gasteiger partial charge is 0.141 e. The number of ketones is 1. The first-order chi connectivity index (χ1) is 8.63. The second kappa shape index (κ2) is 5.36. The minimum Gasteiger partial charge on any atom is -0.399 e. The lowest BCUT2D eigenvalue weighted by Gasteiger charge is -2.03. The van der Waals surface area contributed by atoms with Crippen molar-refractivity contribution in [3.63, 3.8) is 0 Å². The van der Waals surface area contributed by atoms with E-state index in [1.165, 1.54) is 0 Å². The fourth-order valence-electron chi connectivity index (χ4n) is 1.79. The molecular formula is C15H16N2O. The second-order valence-electron chi connectivity index (χ2n) is 4.38. The van der Waals surface area contributed by atoms with Gasteiger partial charge in [0, 0.05) is 24.2 Å². The number of rotatable bonds is 4. The number of nitrogens with two attached hydrogens (primary N) is 2. The van der Waals surface area contributed by atoms with Gasteiger partial charge in [-0.1, -0.05) is 24.3 Å². The fraction of sp³-hybridized carbons (Fsp3) is 0.133. The van der Waals surface area contributed by atoms with Crippen molar-refractivity contribution in [1.29, 1.82) is 0 Å². The van der Waals surface area contributed by atoms with Gasteiger partial charge < -0.3 is 11.5 Å². The molecule has 0 fully saturated rings. The summed E-state index contributed by atoms with van der Waals surface area (Å²) in [6, 6.07) is 14.8. The van der Waals surface area contributed by atoms with Crippen LogP contribution in [0, 0.1) is 0 Å². The Hall–Kier alpha value is -2.29. The first-order valence-electron chi connectivity index (χ1n) is 5.84. The summed E-state index contributed by atoms with van der Waals surface area (Å²) in [5.41, 5.74) is 14.6. The largest absolute Gasteiger partial charge is 0.399 e. The summed E-state index contributed by atoms with van der Waals surface area (Å²) in [5, 5.41) is 0. The predicted molar refractivity (Wildman–Crippen MR) is 74.1 cm³/mol. The van der Waals surface area contributed by atoms with Crippen LogP contribution >= 0.6 is 0 Å². The number of carbonyl (C=O) groups excluding carboxylic acids is 1. The number of nitrogen functional groups attached to an aromatic ring is 2. The molecule has 0 heterocycles. The second-order valence-corrected chi connectivity index (χ2v) is 4.38. The van der Waals surface area contributed by atoms with E-state index in [9.17, 15) is 4.79 Å². The molecule has 0 atom stereocenters. The van der Waals surface area contributed by atoms with Crippen LogP contribution in [0.2, 0.25) is 0 Å². The Kier molecular flexibility index (Phi) is 3.63. The predicted octanol–water partition coefficient (Wildman–Crippen LogP) is 2.21. The molecule has 0 saturated carbocycles. The van der Waals surface area contributed by atoms with Crippen LogP contribution in [0.25, 0.3) is 0 Å². The summed E-state index contributed by atoms with van der Waals surface area (Å²) in [4.78, 5) is 11.9. The minimum atomic E-state index is 0.185. The van der Waals surface area contributed by atoms with Crippen LogP contribution in [0.5, 0.6) is 0 Å². The van der Waals surface area contributed by atoms with E-state index in [-0.39, 0.29) is 5.78 Å². The van der Waals surface area contributed by atoms with Crippen LogP contribution < -0.4 is 11.5 Å². The topological polar surface area (TPSA) is 69.1 Å². The standard InChI is InChI=1S/C15H16N2O/c16-13-5-1-11(2-6-13)9-15(18)10-12-3-7-14(17)8-4-12/h1-8H,9-10,16-17H2. The summed E-state index contributed by atoms with van der Waals surface area (Å²) in [6.45, 7) is 0. The normalized spacial score (nSPS) is 10.2. The average molecular weight is 240 g/mol. The van der Waals surface area contributed by atoms with Crippen molar-refractivity contribution in [2.45, 2.75) is 12.8 Å². The highest BCUT2D eigenvalue weighted by Crippen LogP contribution is 2.10. The Labute approximate surface area is 106 Å². The molecule has 4 N–H and O–H groups in total. The molecule has 3 nitrogen and oxygen atoms in total. The molecule has 0 bridgehead atoms. The minimum absolute atomic E-state index is 0.185. The average Bonchev–Trinajstić information content (AvgIpc) is 2.35. The van der Waals surface area contributed by atoms with Crippen molar-refractivity contribution in [3.8, 4) is 0 Å². The highest BCUT2D eigenvalue weighted by molar-refractivity contribution is 5.83. The molecule has 0 aliphatic rings. The quantitative estimate of drug-likeness (QED) is 0.805. The van der Waals surface area contributed by atoms with Crippen LogP contribution in [0.1, 0.15) is 11.1 Å². The van der Waals surface area contributed by atoms with E-state index in [2.05, 4.69) is 0 Å². The number of hydrogen-bond donors (Lipinski definition) is 2. The molecule has 2 rings (SSSR count). The summed E-state index contributed by atoms with van der Waals surface area (Å²) in [5.74, 6) is 0.185. The zero-order chi connectivity index (χ0) is 13.0. The summed E-state index contributed by atoms with van der Waals surface area (Å²) in [6.07, 6.45) is 0.870. The maximum atomic E-state index is 11.9. The fourth-order valence-corrected chi connectivity index (χ4v) is 1.79. The first-order valence-corrected chi connectivity index (χ1v) is 5.84. The van der Waals surface area contributed by atoms with Crippen molar-refractivity contribution in [1.82, 2.24) is 0 Å². The molecule has 92 valence electrons. The Morgan fingerprint density at radius 3 is 1.39 bits per heavy atom. The molecule has 0 spiro atoms. The third kappa shape index (κ3) is 3.35. The van der Waals surface area contributed by atoms with Crippen LogP contribution in [-0.2, 0) is 17.6 Å². The van der Waals surface area contributed by atoms with E-state index >= 15 is 0 Å². The van der Waals surface area contributed by atoms with Gasteiger partial charge in [0.05, 0.1) is 0 Å². The van der Waals surface area contributed by atoms with E-state index in [0.29, 0.717) is 24.2 Å². The Bertz CT molecular complexity index is 480. The maximum Gasteiger partial charge on any atom is 0.141 e. The number of carbonyl (C=O) groups is 1. The molecule has 18 heavy (non-hydrogen) atoms. The molecule has 0 saturated heterocycles. The number of anilines is 2. The van der Waals surface area contributed by atoms with Crippen LogP contribution in [-0.4, -0.2) is 5.78 Å². The number of hydrogen-bond acceptors (Lipinski definition) is 3. The molecule has 2 aromatic rings. The van der Waals surface area contributed by atoms with Crippen molar-refractivity contribution < 1.29 is 4.79 Å². The lowest BCUT2D eigenvalue weighted by Crippen LogP contribution is -2.06. The van der Waals surface area contributed by atoms with Gasteiger partial charge in [0.2, 0.25) is 0 Å².